The Morgan fingerprint density at radius 3 is 2.71 bits per heavy atom. The largest absolute Gasteiger partial charge is 0.424 e. The van der Waals surface area contributed by atoms with Crippen LogP contribution in [0.4, 0.5) is 17.7 Å². The number of nitrogens with zero attached hydrogens (tertiary/aromatic N) is 7. The minimum Gasteiger partial charge on any atom is -0.424 e. The summed E-state index contributed by atoms with van der Waals surface area (Å²) in [7, 11) is 3.97. The first-order chi connectivity index (χ1) is 16.5. The Morgan fingerprint density at radius 2 is 1.85 bits per heavy atom. The van der Waals surface area contributed by atoms with Crippen molar-refractivity contribution in [1.29, 1.82) is 0 Å². The Morgan fingerprint density at radius 1 is 1.00 bits per heavy atom. The normalized spacial score (nSPS) is 11.6. The predicted molar refractivity (Wildman–Crippen MR) is 132 cm³/mol. The van der Waals surface area contributed by atoms with Gasteiger partial charge in [-0.15, -0.1) is 0 Å². The Kier molecular flexibility index (Phi) is 4.34. The van der Waals surface area contributed by atoms with Crippen molar-refractivity contribution in [1.82, 2.24) is 29.7 Å². The number of benzene rings is 2. The van der Waals surface area contributed by atoms with Gasteiger partial charge in [-0.2, -0.15) is 10.1 Å². The maximum atomic E-state index is 6.28. The molecule has 0 bridgehead atoms. The third kappa shape index (κ3) is 3.15. The van der Waals surface area contributed by atoms with Gasteiger partial charge in [-0.1, -0.05) is 24.3 Å². The Hall–Kier alpha value is -4.73. The monoisotopic (exact) mass is 451 g/mol. The van der Waals surface area contributed by atoms with Gasteiger partial charge in [-0.3, -0.25) is 0 Å². The van der Waals surface area contributed by atoms with Gasteiger partial charge in [0.2, 0.25) is 0 Å². The zero-order valence-electron chi connectivity index (χ0n) is 18.6. The van der Waals surface area contributed by atoms with Gasteiger partial charge in [0.25, 0.3) is 6.01 Å². The molecular weight excluding hydrogens is 430 g/mol. The molecule has 6 rings (SSSR count). The molecular formula is C24H21N9O. The zero-order chi connectivity index (χ0) is 23.4. The Balaban J connectivity index is 1.51. The molecule has 6 aromatic rings. The lowest BCUT2D eigenvalue weighted by Gasteiger charge is -2.16. The van der Waals surface area contributed by atoms with Crippen LogP contribution in [-0.2, 0) is 6.54 Å². The molecule has 4 N–H and O–H groups in total. The van der Waals surface area contributed by atoms with Crippen LogP contribution in [0.3, 0.4) is 0 Å². The van der Waals surface area contributed by atoms with Crippen LogP contribution in [0.15, 0.2) is 59.3 Å². The SMILES string of the molecule is CN(C)c1nc(Cn2nc(-c3ccc4oc(N)nc4c3)c3c(N)ncnc32)cc2ccccc12. The Bertz CT molecular complexity index is 1700. The van der Waals surface area contributed by atoms with Gasteiger partial charge in [0.1, 0.15) is 29.2 Å². The van der Waals surface area contributed by atoms with E-state index >= 15 is 0 Å². The minimum absolute atomic E-state index is 0.115. The van der Waals surface area contributed by atoms with E-state index in [0.717, 1.165) is 27.8 Å². The lowest BCUT2D eigenvalue weighted by molar-refractivity contribution is 0.626. The highest BCUT2D eigenvalue weighted by Crippen LogP contribution is 2.33. The van der Waals surface area contributed by atoms with Crippen LogP contribution < -0.4 is 16.4 Å². The number of oxazole rings is 1. The topological polar surface area (TPSA) is 138 Å². The summed E-state index contributed by atoms with van der Waals surface area (Å²) < 4.78 is 7.21. The number of hydrogen-bond donors (Lipinski definition) is 2. The van der Waals surface area contributed by atoms with Gasteiger partial charge in [-0.25, -0.2) is 19.6 Å². The molecule has 10 nitrogen and oxygen atoms in total. The number of pyridine rings is 1. The predicted octanol–water partition coefficient (Wildman–Crippen LogP) is 3.46. The van der Waals surface area contributed by atoms with Crippen LogP contribution in [0.5, 0.6) is 0 Å². The summed E-state index contributed by atoms with van der Waals surface area (Å²) in [5, 5.41) is 7.75. The molecule has 0 saturated carbocycles. The third-order valence-corrected chi connectivity index (χ3v) is 5.74. The van der Waals surface area contributed by atoms with E-state index in [-0.39, 0.29) is 6.01 Å². The number of nitrogens with two attached hydrogens (primary N) is 2. The van der Waals surface area contributed by atoms with Crippen LogP contribution in [0.2, 0.25) is 0 Å². The standard InChI is InChI=1S/C24H21N9O/c1-32(2)22-16-6-4-3-5-13(16)9-15(29-22)11-33-23-19(21(25)27-12-28-23)20(31-33)14-7-8-18-17(10-14)30-24(26)34-18/h3-10,12H,11H2,1-2H3,(H2,26,30)(H2,25,27,28). The maximum Gasteiger partial charge on any atom is 0.292 e. The summed E-state index contributed by atoms with van der Waals surface area (Å²) in [6.45, 7) is 0.414. The van der Waals surface area contributed by atoms with E-state index < -0.39 is 0 Å². The van der Waals surface area contributed by atoms with E-state index in [0.29, 0.717) is 40.2 Å². The van der Waals surface area contributed by atoms with Crippen LogP contribution in [0.25, 0.3) is 44.2 Å². The highest BCUT2D eigenvalue weighted by Gasteiger charge is 2.19. The zero-order valence-corrected chi connectivity index (χ0v) is 18.6. The summed E-state index contributed by atoms with van der Waals surface area (Å²) >= 11 is 0. The van der Waals surface area contributed by atoms with Gasteiger partial charge < -0.3 is 20.8 Å². The van der Waals surface area contributed by atoms with Gasteiger partial charge in [-0.05, 0) is 29.7 Å². The molecule has 0 aliphatic carbocycles. The third-order valence-electron chi connectivity index (χ3n) is 5.74. The van der Waals surface area contributed by atoms with Crippen LogP contribution in [0, 0.1) is 0 Å². The molecule has 4 heterocycles. The van der Waals surface area contributed by atoms with Crippen molar-refractivity contribution in [2.24, 2.45) is 0 Å². The average molecular weight is 451 g/mol. The van der Waals surface area contributed by atoms with E-state index in [2.05, 4.69) is 33.2 Å². The van der Waals surface area contributed by atoms with E-state index in [1.807, 2.05) is 49.3 Å². The fourth-order valence-electron chi connectivity index (χ4n) is 4.25. The summed E-state index contributed by atoms with van der Waals surface area (Å²) in [6, 6.07) is 16.0. The van der Waals surface area contributed by atoms with Crippen LogP contribution in [0.1, 0.15) is 5.69 Å². The first-order valence-electron chi connectivity index (χ1n) is 10.7. The van der Waals surface area contributed by atoms with Crippen molar-refractivity contribution in [2.45, 2.75) is 6.54 Å². The molecule has 0 amide bonds. The molecule has 0 radical (unpaired) electrons. The number of anilines is 3. The second-order valence-corrected chi connectivity index (χ2v) is 8.25. The van der Waals surface area contributed by atoms with Gasteiger partial charge in [0.15, 0.2) is 11.2 Å². The first-order valence-corrected chi connectivity index (χ1v) is 10.7. The van der Waals surface area contributed by atoms with E-state index in [1.165, 1.54) is 6.33 Å². The molecule has 0 aliphatic heterocycles. The lowest BCUT2D eigenvalue weighted by Crippen LogP contribution is -2.13. The van der Waals surface area contributed by atoms with Crippen molar-refractivity contribution >= 4 is 50.6 Å². The highest BCUT2D eigenvalue weighted by molar-refractivity contribution is 5.99. The van der Waals surface area contributed by atoms with Crippen molar-refractivity contribution in [3.05, 3.63) is 60.6 Å². The fourth-order valence-corrected chi connectivity index (χ4v) is 4.25. The quantitative estimate of drug-likeness (QED) is 0.412. The van der Waals surface area contributed by atoms with Crippen molar-refractivity contribution in [2.75, 3.05) is 30.5 Å². The number of aromatic nitrogens is 6. The lowest BCUT2D eigenvalue weighted by atomic mass is 10.1. The summed E-state index contributed by atoms with van der Waals surface area (Å²) in [5.74, 6) is 1.25. The Labute approximate surface area is 193 Å². The molecule has 2 aromatic carbocycles. The highest BCUT2D eigenvalue weighted by atomic mass is 16.4. The van der Waals surface area contributed by atoms with Gasteiger partial charge in [0.05, 0.1) is 17.6 Å². The minimum atomic E-state index is 0.115. The maximum absolute atomic E-state index is 6.28. The number of nitrogen functional groups attached to an aromatic ring is 2. The fraction of sp³-hybridized carbons (Fsp3) is 0.125. The molecule has 0 unspecified atom stereocenters. The summed E-state index contributed by atoms with van der Waals surface area (Å²) in [5.41, 5.74) is 16.2. The van der Waals surface area contributed by atoms with Crippen molar-refractivity contribution in [3.8, 4) is 11.3 Å². The number of rotatable bonds is 4. The van der Waals surface area contributed by atoms with Gasteiger partial charge >= 0.3 is 0 Å². The molecule has 34 heavy (non-hydrogen) atoms. The summed E-state index contributed by atoms with van der Waals surface area (Å²) in [6.07, 6.45) is 1.44. The van der Waals surface area contributed by atoms with E-state index in [4.69, 9.17) is 26.0 Å². The molecule has 0 atom stereocenters. The number of fused-ring (bicyclic) bond motifs is 3. The molecule has 4 aromatic heterocycles. The summed E-state index contributed by atoms with van der Waals surface area (Å²) in [4.78, 5) is 19.8. The molecule has 168 valence electrons. The molecule has 0 aliphatic rings. The second-order valence-electron chi connectivity index (χ2n) is 8.25. The van der Waals surface area contributed by atoms with E-state index in [9.17, 15) is 0 Å². The van der Waals surface area contributed by atoms with Gasteiger partial charge in [0, 0.05) is 25.0 Å². The second kappa shape index (κ2) is 7.41. The molecule has 0 fully saturated rings. The number of hydrogen-bond acceptors (Lipinski definition) is 9. The van der Waals surface area contributed by atoms with E-state index in [1.54, 1.807) is 4.68 Å². The molecule has 10 heteroatoms. The molecule has 0 spiro atoms. The van der Waals surface area contributed by atoms with Crippen LogP contribution in [-0.4, -0.2) is 43.8 Å². The van der Waals surface area contributed by atoms with Crippen LogP contribution >= 0.6 is 0 Å². The van der Waals surface area contributed by atoms with Crippen molar-refractivity contribution < 1.29 is 4.42 Å². The first kappa shape index (κ1) is 19.9. The molecule has 0 saturated heterocycles. The van der Waals surface area contributed by atoms with Crippen molar-refractivity contribution in [3.63, 3.8) is 0 Å². The smallest absolute Gasteiger partial charge is 0.292 e. The average Bonchev–Trinajstić information content (AvgIpc) is 3.38.